The average molecular weight is 767 g/mol. The fourth-order valence-corrected chi connectivity index (χ4v) is 12.9. The van der Waals surface area contributed by atoms with Gasteiger partial charge in [-0.25, -0.2) is 0 Å². The van der Waals surface area contributed by atoms with Crippen molar-refractivity contribution in [2.75, 3.05) is 11.5 Å². The Bertz CT molecular complexity index is 859. The molecule has 0 N–H and O–H groups in total. The molecule has 0 unspecified atom stereocenters. The van der Waals surface area contributed by atoms with Gasteiger partial charge in [0, 0.05) is 0 Å². The van der Waals surface area contributed by atoms with Crippen LogP contribution in [0.5, 0.6) is 0 Å². The number of hydrogen-bond acceptors (Lipinski definition) is 5. The average Bonchev–Trinajstić information content (AvgIpc) is 3.76. The second kappa shape index (κ2) is 35.5. The smallest absolute Gasteiger partial charge is 0.0666 e. The molecule has 5 heteroatoms. The van der Waals surface area contributed by atoms with E-state index in [4.69, 9.17) is 0 Å². The Balaban J connectivity index is 1.34. The van der Waals surface area contributed by atoms with E-state index in [0.717, 1.165) is 0 Å². The van der Waals surface area contributed by atoms with Crippen LogP contribution in [0.1, 0.15) is 219 Å². The molecule has 284 valence electrons. The predicted molar refractivity (Wildman–Crippen MR) is 233 cm³/mol. The third kappa shape index (κ3) is 28.6. The van der Waals surface area contributed by atoms with Crippen LogP contribution in [0.25, 0.3) is 0 Å². The van der Waals surface area contributed by atoms with Gasteiger partial charge in [-0.2, -0.15) is 0 Å². The molecule has 0 radical (unpaired) electrons. The van der Waals surface area contributed by atoms with E-state index in [1.165, 1.54) is 234 Å². The summed E-state index contributed by atoms with van der Waals surface area (Å²) in [5.41, 5.74) is 0. The first-order valence-corrected chi connectivity index (χ1v) is 25.9. The lowest BCUT2D eigenvalue weighted by Gasteiger charge is -2.03. The summed E-state index contributed by atoms with van der Waals surface area (Å²) >= 11 is 10.1. The number of thioether (sulfide) groups is 2. The van der Waals surface area contributed by atoms with Crippen LogP contribution in [0.2, 0.25) is 0 Å². The highest BCUT2D eigenvalue weighted by molar-refractivity contribution is 8.05. The highest BCUT2D eigenvalue weighted by atomic mass is 32.2. The van der Waals surface area contributed by atoms with E-state index in [1.54, 1.807) is 0 Å². The van der Waals surface area contributed by atoms with Gasteiger partial charge in [-0.1, -0.05) is 218 Å². The maximum Gasteiger partial charge on any atom is 0.0666 e. The van der Waals surface area contributed by atoms with Crippen molar-refractivity contribution in [1.29, 1.82) is 0 Å². The number of unbranched alkanes of at least 4 members (excludes halogenated alkanes) is 30. The highest BCUT2D eigenvalue weighted by Gasteiger charge is 2.07. The normalized spacial score (nSPS) is 11.6. The minimum absolute atomic E-state index is 1.28. The maximum atomic E-state index is 2.35. The summed E-state index contributed by atoms with van der Waals surface area (Å²) < 4.78 is 5.90. The number of hydrogen-bond donors (Lipinski definition) is 0. The number of rotatable bonds is 38. The van der Waals surface area contributed by atoms with E-state index in [1.807, 2.05) is 34.4 Å². The van der Waals surface area contributed by atoms with Crippen molar-refractivity contribution in [2.45, 2.75) is 236 Å². The van der Waals surface area contributed by atoms with Gasteiger partial charge in [-0.05, 0) is 48.6 Å². The molecule has 0 saturated heterocycles. The molecule has 49 heavy (non-hydrogen) atoms. The Labute approximate surface area is 327 Å². The first-order chi connectivity index (χ1) is 24.3. The molecule has 0 aliphatic carbocycles. The molecule has 0 aliphatic rings. The molecule has 0 saturated carbocycles. The lowest BCUT2D eigenvalue weighted by Crippen LogP contribution is -1.84. The van der Waals surface area contributed by atoms with E-state index >= 15 is 0 Å². The van der Waals surface area contributed by atoms with Gasteiger partial charge in [0.05, 0.1) is 16.8 Å². The zero-order valence-corrected chi connectivity index (χ0v) is 36.5. The SMILES string of the molecule is CCCCCCCCCCCCCCCCCCSc1ccc(Sc2ccc(SCCCCCCCCCCCCCCCCCC)s2)s1. The van der Waals surface area contributed by atoms with Crippen LogP contribution in [0, 0.1) is 0 Å². The Morgan fingerprint density at radius 1 is 0.306 bits per heavy atom. The topological polar surface area (TPSA) is 0 Å². The molecule has 2 rings (SSSR count). The molecule has 0 atom stereocenters. The summed E-state index contributed by atoms with van der Waals surface area (Å²) in [5, 5.41) is 0. The molecule has 0 nitrogen and oxygen atoms in total. The van der Waals surface area contributed by atoms with Gasteiger partial charge >= 0.3 is 0 Å². The van der Waals surface area contributed by atoms with Crippen LogP contribution < -0.4 is 0 Å². The third-order valence-electron chi connectivity index (χ3n) is 9.80. The first-order valence-electron chi connectivity index (χ1n) is 21.4. The van der Waals surface area contributed by atoms with Gasteiger partial charge in [-0.3, -0.25) is 0 Å². The lowest BCUT2D eigenvalue weighted by atomic mass is 10.0. The van der Waals surface area contributed by atoms with Crippen LogP contribution >= 0.6 is 58.0 Å². The van der Waals surface area contributed by atoms with Gasteiger partial charge in [0.15, 0.2) is 0 Å². The predicted octanol–water partition coefficient (Wildman–Crippen LogP) is 18.7. The Hall–Kier alpha value is 0.450. The summed E-state index contributed by atoms with van der Waals surface area (Å²) in [6.45, 7) is 4.61. The lowest BCUT2D eigenvalue weighted by molar-refractivity contribution is 0.532. The number of thiophene rings is 2. The first kappa shape index (κ1) is 45.6. The largest absolute Gasteiger partial charge is 0.122 e. The van der Waals surface area contributed by atoms with Crippen molar-refractivity contribution in [3.8, 4) is 0 Å². The van der Waals surface area contributed by atoms with E-state index in [0.29, 0.717) is 0 Å². The van der Waals surface area contributed by atoms with Crippen LogP contribution in [0.15, 0.2) is 41.1 Å². The second-order valence-electron chi connectivity index (χ2n) is 14.6. The Morgan fingerprint density at radius 3 is 0.796 bits per heavy atom. The second-order valence-corrected chi connectivity index (χ2v) is 21.1. The summed E-state index contributed by atoms with van der Waals surface area (Å²) in [7, 11) is 0. The molecule has 2 aromatic rings. The quantitative estimate of drug-likeness (QED) is 0.0493. The summed E-state index contributed by atoms with van der Waals surface area (Å²) in [6, 6.07) is 9.39. The van der Waals surface area contributed by atoms with Gasteiger partial charge in [-0.15, -0.1) is 46.2 Å². The van der Waals surface area contributed by atoms with Crippen LogP contribution in [0.4, 0.5) is 0 Å². The zero-order valence-electron chi connectivity index (χ0n) is 32.4. The van der Waals surface area contributed by atoms with Crippen molar-refractivity contribution >= 4 is 58.0 Å². The molecule has 0 aromatic carbocycles. The minimum Gasteiger partial charge on any atom is -0.122 e. The maximum absolute atomic E-state index is 2.35. The van der Waals surface area contributed by atoms with Crippen molar-refractivity contribution in [1.82, 2.24) is 0 Å². The fraction of sp³-hybridized carbons (Fsp3) is 0.818. The van der Waals surface area contributed by atoms with Crippen LogP contribution in [-0.4, -0.2) is 11.5 Å². The Kier molecular flexibility index (Phi) is 33.0. The van der Waals surface area contributed by atoms with Crippen LogP contribution in [-0.2, 0) is 0 Å². The Morgan fingerprint density at radius 2 is 0.531 bits per heavy atom. The molecule has 0 spiro atoms. The van der Waals surface area contributed by atoms with Crippen molar-refractivity contribution in [3.05, 3.63) is 24.3 Å². The van der Waals surface area contributed by atoms with E-state index in [9.17, 15) is 0 Å². The fourth-order valence-electron chi connectivity index (χ4n) is 6.62. The van der Waals surface area contributed by atoms with Gasteiger partial charge < -0.3 is 0 Å². The molecular weight excluding hydrogens is 689 g/mol. The minimum atomic E-state index is 1.28. The molecule has 0 bridgehead atoms. The molecule has 0 fully saturated rings. The van der Waals surface area contributed by atoms with Crippen molar-refractivity contribution in [2.24, 2.45) is 0 Å². The van der Waals surface area contributed by atoms with E-state index < -0.39 is 0 Å². The monoisotopic (exact) mass is 766 g/mol. The third-order valence-corrected chi connectivity index (χ3v) is 15.9. The van der Waals surface area contributed by atoms with E-state index in [-0.39, 0.29) is 0 Å². The molecule has 2 heterocycles. The highest BCUT2D eigenvalue weighted by Crippen LogP contribution is 2.42. The summed E-state index contributed by atoms with van der Waals surface area (Å²) in [4.78, 5) is 0. The van der Waals surface area contributed by atoms with Crippen molar-refractivity contribution in [3.63, 3.8) is 0 Å². The van der Waals surface area contributed by atoms with Crippen molar-refractivity contribution < 1.29 is 0 Å². The molecule has 2 aromatic heterocycles. The molecular formula is C44H78S5. The van der Waals surface area contributed by atoms with Gasteiger partial charge in [0.25, 0.3) is 0 Å². The zero-order chi connectivity index (χ0) is 34.7. The molecule has 0 aliphatic heterocycles. The van der Waals surface area contributed by atoms with E-state index in [2.05, 4.69) is 61.6 Å². The summed E-state index contributed by atoms with van der Waals surface area (Å²) in [6.07, 6.45) is 46.3. The molecule has 0 amide bonds. The standard InChI is InChI=1S/C44H78S5/c1-3-5-7-9-11-13-15-17-19-21-23-25-27-29-31-33-39-45-41-35-37-43(47-41)49-44-38-36-42(48-44)46-40-34-32-30-28-26-24-22-20-18-16-14-12-10-8-6-4-2/h35-38H,3-34,39-40H2,1-2H3. The van der Waals surface area contributed by atoms with Crippen LogP contribution in [0.3, 0.4) is 0 Å². The van der Waals surface area contributed by atoms with Gasteiger partial charge in [0.1, 0.15) is 0 Å². The van der Waals surface area contributed by atoms with Gasteiger partial charge in [0.2, 0.25) is 0 Å². The summed E-state index contributed by atoms with van der Waals surface area (Å²) in [5.74, 6) is 2.56.